The van der Waals surface area contributed by atoms with Crippen LogP contribution in [0.4, 0.5) is 13.2 Å². The third kappa shape index (κ3) is 5.08. The molecular formula is C17H17F3. The fraction of sp³-hybridized carbons (Fsp3) is 0.294. The summed E-state index contributed by atoms with van der Waals surface area (Å²) >= 11 is 0. The van der Waals surface area contributed by atoms with Gasteiger partial charge in [0.15, 0.2) is 0 Å². The van der Waals surface area contributed by atoms with Crippen molar-refractivity contribution >= 4 is 0 Å². The zero-order valence-corrected chi connectivity index (χ0v) is 11.2. The highest BCUT2D eigenvalue weighted by Crippen LogP contribution is 2.22. The molecule has 2 aromatic carbocycles. The Kier molecular flexibility index (Phi) is 4.83. The lowest BCUT2D eigenvalue weighted by Gasteiger charge is -2.08. The average Bonchev–Trinajstić information content (AvgIpc) is 2.44. The van der Waals surface area contributed by atoms with Crippen LogP contribution in [0.2, 0.25) is 0 Å². The molecule has 0 fully saturated rings. The highest BCUT2D eigenvalue weighted by molar-refractivity contribution is 5.25. The Morgan fingerprint density at radius 2 is 1.20 bits per heavy atom. The van der Waals surface area contributed by atoms with Gasteiger partial charge in [0.05, 0.1) is 0 Å². The van der Waals surface area contributed by atoms with Gasteiger partial charge >= 0.3 is 6.18 Å². The molecular weight excluding hydrogens is 261 g/mol. The second-order valence-corrected chi connectivity index (χ2v) is 4.92. The molecule has 0 nitrogen and oxygen atoms in total. The van der Waals surface area contributed by atoms with E-state index in [0.29, 0.717) is 0 Å². The lowest BCUT2D eigenvalue weighted by atomic mass is 10.0. The van der Waals surface area contributed by atoms with Crippen molar-refractivity contribution in [3.05, 3.63) is 71.3 Å². The zero-order chi connectivity index (χ0) is 14.4. The summed E-state index contributed by atoms with van der Waals surface area (Å²) in [6, 6.07) is 17.5. The summed E-state index contributed by atoms with van der Waals surface area (Å²) in [5.41, 5.74) is 3.09. The molecule has 3 heteroatoms. The van der Waals surface area contributed by atoms with Crippen LogP contribution in [0.25, 0.3) is 0 Å². The minimum atomic E-state index is -4.08. The molecule has 0 amide bonds. The third-order valence-corrected chi connectivity index (χ3v) is 3.23. The molecule has 0 N–H and O–H groups in total. The van der Waals surface area contributed by atoms with Crippen LogP contribution in [-0.4, -0.2) is 6.18 Å². The van der Waals surface area contributed by atoms with E-state index in [1.165, 1.54) is 5.56 Å². The molecule has 106 valence electrons. The summed E-state index contributed by atoms with van der Waals surface area (Å²) in [5, 5.41) is 0. The van der Waals surface area contributed by atoms with Crippen molar-refractivity contribution in [1.29, 1.82) is 0 Å². The Labute approximate surface area is 117 Å². The summed E-state index contributed by atoms with van der Waals surface area (Å²) in [4.78, 5) is 0. The number of aryl methyl sites for hydroxylation is 3. The van der Waals surface area contributed by atoms with Crippen molar-refractivity contribution in [2.24, 2.45) is 0 Å². The summed E-state index contributed by atoms with van der Waals surface area (Å²) in [7, 11) is 0. The summed E-state index contributed by atoms with van der Waals surface area (Å²) < 4.78 is 36.6. The van der Waals surface area contributed by atoms with Crippen LogP contribution in [0, 0.1) is 0 Å². The Hall–Kier alpha value is -1.77. The Morgan fingerprint density at radius 3 is 1.85 bits per heavy atom. The molecule has 0 saturated heterocycles. The normalized spacial score (nSPS) is 11.6. The Morgan fingerprint density at radius 1 is 0.650 bits per heavy atom. The van der Waals surface area contributed by atoms with Crippen LogP contribution in [0.3, 0.4) is 0 Å². The molecule has 0 unspecified atom stereocenters. The van der Waals surface area contributed by atoms with Gasteiger partial charge in [-0.2, -0.15) is 13.2 Å². The van der Waals surface area contributed by atoms with Crippen molar-refractivity contribution in [3.63, 3.8) is 0 Å². The zero-order valence-electron chi connectivity index (χ0n) is 11.2. The van der Waals surface area contributed by atoms with Crippen molar-refractivity contribution in [3.8, 4) is 0 Å². The van der Waals surface area contributed by atoms with Crippen LogP contribution in [0.15, 0.2) is 54.6 Å². The smallest absolute Gasteiger partial charge is 0.171 e. The third-order valence-electron chi connectivity index (χ3n) is 3.23. The van der Waals surface area contributed by atoms with Gasteiger partial charge in [-0.25, -0.2) is 0 Å². The first kappa shape index (κ1) is 14.6. The van der Waals surface area contributed by atoms with Crippen molar-refractivity contribution in [2.45, 2.75) is 31.9 Å². The first-order valence-electron chi connectivity index (χ1n) is 6.71. The van der Waals surface area contributed by atoms with Crippen molar-refractivity contribution in [2.75, 3.05) is 0 Å². The van der Waals surface area contributed by atoms with Gasteiger partial charge in [-0.3, -0.25) is 0 Å². The highest BCUT2D eigenvalue weighted by atomic mass is 19.4. The van der Waals surface area contributed by atoms with E-state index in [1.807, 2.05) is 36.4 Å². The largest absolute Gasteiger partial charge is 0.389 e. The first-order chi connectivity index (χ1) is 9.53. The van der Waals surface area contributed by atoms with Gasteiger partial charge in [-0.15, -0.1) is 0 Å². The molecule has 0 aliphatic heterocycles. The number of rotatable bonds is 5. The summed E-state index contributed by atoms with van der Waals surface area (Å²) in [6.45, 7) is 0. The van der Waals surface area contributed by atoms with Crippen LogP contribution in [0.1, 0.15) is 23.1 Å². The Bertz CT molecular complexity index is 529. The van der Waals surface area contributed by atoms with Gasteiger partial charge in [0.2, 0.25) is 0 Å². The van der Waals surface area contributed by atoms with Crippen molar-refractivity contribution in [1.82, 2.24) is 0 Å². The van der Waals surface area contributed by atoms with Crippen LogP contribution in [0.5, 0.6) is 0 Å². The minimum Gasteiger partial charge on any atom is -0.171 e. The lowest BCUT2D eigenvalue weighted by Crippen LogP contribution is -2.08. The van der Waals surface area contributed by atoms with E-state index in [4.69, 9.17) is 0 Å². The highest BCUT2D eigenvalue weighted by Gasteiger charge is 2.26. The fourth-order valence-corrected chi connectivity index (χ4v) is 2.16. The van der Waals surface area contributed by atoms with Gasteiger partial charge < -0.3 is 0 Å². The second kappa shape index (κ2) is 6.60. The maximum absolute atomic E-state index is 12.2. The quantitative estimate of drug-likeness (QED) is 0.724. The van der Waals surface area contributed by atoms with E-state index < -0.39 is 12.6 Å². The molecule has 0 aromatic heterocycles. The van der Waals surface area contributed by atoms with E-state index in [2.05, 4.69) is 12.1 Å². The second-order valence-electron chi connectivity index (χ2n) is 4.92. The minimum absolute atomic E-state index is 0.0582. The molecule has 0 spiro atoms. The fourth-order valence-electron chi connectivity index (χ4n) is 2.16. The predicted octanol–water partition coefficient (Wildman–Crippen LogP) is 4.97. The van der Waals surface area contributed by atoms with Crippen molar-refractivity contribution < 1.29 is 13.2 Å². The van der Waals surface area contributed by atoms with E-state index in [0.717, 1.165) is 24.0 Å². The topological polar surface area (TPSA) is 0 Å². The monoisotopic (exact) mass is 278 g/mol. The molecule has 2 rings (SSSR count). The molecule has 0 aliphatic rings. The predicted molar refractivity (Wildman–Crippen MR) is 74.7 cm³/mol. The molecule has 0 saturated carbocycles. The number of hydrogen-bond donors (Lipinski definition) is 0. The van der Waals surface area contributed by atoms with E-state index in [1.54, 1.807) is 6.07 Å². The molecule has 20 heavy (non-hydrogen) atoms. The standard InChI is InChI=1S/C17H17F3/c18-17(19,20)12-11-16-8-4-7-15(13-16)10-9-14-5-2-1-3-6-14/h1-8,13H,9-12H2. The molecule has 0 heterocycles. The number of benzene rings is 2. The molecule has 2 aromatic rings. The van der Waals surface area contributed by atoms with Crippen LogP contribution < -0.4 is 0 Å². The first-order valence-corrected chi connectivity index (χ1v) is 6.71. The van der Waals surface area contributed by atoms with Crippen LogP contribution >= 0.6 is 0 Å². The van der Waals surface area contributed by atoms with Crippen LogP contribution in [-0.2, 0) is 19.3 Å². The number of alkyl halides is 3. The van der Waals surface area contributed by atoms with E-state index in [9.17, 15) is 13.2 Å². The SMILES string of the molecule is FC(F)(F)CCc1cccc(CCc2ccccc2)c1. The lowest BCUT2D eigenvalue weighted by molar-refractivity contribution is -0.133. The van der Waals surface area contributed by atoms with Gasteiger partial charge in [0, 0.05) is 6.42 Å². The number of hydrogen-bond acceptors (Lipinski definition) is 0. The van der Waals surface area contributed by atoms with E-state index >= 15 is 0 Å². The van der Waals surface area contributed by atoms with E-state index in [-0.39, 0.29) is 6.42 Å². The molecule has 0 radical (unpaired) electrons. The maximum atomic E-state index is 12.2. The van der Waals surface area contributed by atoms with Gasteiger partial charge in [-0.05, 0) is 36.0 Å². The maximum Gasteiger partial charge on any atom is 0.389 e. The van der Waals surface area contributed by atoms with Gasteiger partial charge in [0.25, 0.3) is 0 Å². The summed E-state index contributed by atoms with van der Waals surface area (Å²) in [5.74, 6) is 0. The number of halogens is 3. The van der Waals surface area contributed by atoms with Gasteiger partial charge in [-0.1, -0.05) is 54.6 Å². The van der Waals surface area contributed by atoms with Gasteiger partial charge in [0.1, 0.15) is 0 Å². The average molecular weight is 278 g/mol. The Balaban J connectivity index is 1.92. The summed E-state index contributed by atoms with van der Waals surface area (Å²) in [6.07, 6.45) is -3.02. The molecule has 0 aliphatic carbocycles. The molecule has 0 atom stereocenters. The molecule has 0 bridgehead atoms.